The van der Waals surface area contributed by atoms with Crippen molar-refractivity contribution in [3.63, 3.8) is 0 Å². The predicted octanol–water partition coefficient (Wildman–Crippen LogP) is 0.608. The van der Waals surface area contributed by atoms with Crippen molar-refractivity contribution in [1.82, 2.24) is 0 Å². The topological polar surface area (TPSA) is 102 Å². The Morgan fingerprint density at radius 2 is 1.79 bits per heavy atom. The van der Waals surface area contributed by atoms with E-state index in [1.165, 1.54) is 20.3 Å². The second kappa shape index (κ2) is 6.05. The van der Waals surface area contributed by atoms with Crippen LogP contribution in [0.5, 0.6) is 11.5 Å². The Kier molecular flexibility index (Phi) is 4.71. The molecule has 0 spiro atoms. The number of aromatic carboxylic acids is 1. The summed E-state index contributed by atoms with van der Waals surface area (Å²) in [6.07, 6.45) is -1.66. The van der Waals surface area contributed by atoms with Gasteiger partial charge < -0.3 is 24.4 Å². The zero-order chi connectivity index (χ0) is 14.6. The zero-order valence-corrected chi connectivity index (χ0v) is 10.7. The Hall–Kier alpha value is -2.28. The largest absolute Gasteiger partial charge is 0.493 e. The first kappa shape index (κ1) is 14.8. The summed E-state index contributed by atoms with van der Waals surface area (Å²) in [6.45, 7) is 0. The Balaban J connectivity index is 3.45. The van der Waals surface area contributed by atoms with Gasteiger partial charge in [-0.15, -0.1) is 0 Å². The number of hydrogen-bond donors (Lipinski definition) is 2. The summed E-state index contributed by atoms with van der Waals surface area (Å²) in [5, 5.41) is 18.8. The fourth-order valence-electron chi connectivity index (χ4n) is 1.56. The number of esters is 1. The van der Waals surface area contributed by atoms with E-state index >= 15 is 0 Å². The van der Waals surface area contributed by atoms with E-state index in [-0.39, 0.29) is 22.6 Å². The van der Waals surface area contributed by atoms with E-state index in [9.17, 15) is 14.7 Å². The second-order valence-corrected chi connectivity index (χ2v) is 3.53. The molecule has 0 aliphatic carbocycles. The van der Waals surface area contributed by atoms with E-state index in [1.54, 1.807) is 0 Å². The van der Waals surface area contributed by atoms with E-state index in [2.05, 4.69) is 4.74 Å². The minimum atomic E-state index is -1.66. The molecule has 2 N–H and O–H groups in total. The highest BCUT2D eigenvalue weighted by Crippen LogP contribution is 2.36. The lowest BCUT2D eigenvalue weighted by atomic mass is 10.0. The highest BCUT2D eigenvalue weighted by molar-refractivity contribution is 5.90. The van der Waals surface area contributed by atoms with Crippen molar-refractivity contribution in [3.8, 4) is 11.5 Å². The molecule has 0 amide bonds. The van der Waals surface area contributed by atoms with Crippen LogP contribution in [0, 0.1) is 0 Å². The molecule has 0 bridgehead atoms. The van der Waals surface area contributed by atoms with Gasteiger partial charge in [-0.2, -0.15) is 0 Å². The third kappa shape index (κ3) is 2.94. The van der Waals surface area contributed by atoms with Gasteiger partial charge in [0.2, 0.25) is 0 Å². The summed E-state index contributed by atoms with van der Waals surface area (Å²) in [7, 11) is 3.74. The van der Waals surface area contributed by atoms with Gasteiger partial charge in [-0.05, 0) is 12.1 Å². The van der Waals surface area contributed by atoms with E-state index in [0.29, 0.717) is 0 Å². The van der Waals surface area contributed by atoms with Crippen molar-refractivity contribution in [2.45, 2.75) is 6.10 Å². The van der Waals surface area contributed by atoms with Gasteiger partial charge in [0.1, 0.15) is 0 Å². The molecule has 0 heterocycles. The number of benzene rings is 1. The quantitative estimate of drug-likeness (QED) is 0.755. The number of aliphatic hydroxyl groups excluding tert-OH is 1. The van der Waals surface area contributed by atoms with E-state index < -0.39 is 18.0 Å². The first-order valence-electron chi connectivity index (χ1n) is 5.21. The molecule has 1 aromatic carbocycles. The fourth-order valence-corrected chi connectivity index (χ4v) is 1.56. The van der Waals surface area contributed by atoms with E-state index in [4.69, 9.17) is 14.6 Å². The van der Waals surface area contributed by atoms with Crippen molar-refractivity contribution in [2.24, 2.45) is 0 Å². The van der Waals surface area contributed by atoms with Gasteiger partial charge >= 0.3 is 11.9 Å². The summed E-state index contributed by atoms with van der Waals surface area (Å²) in [5.74, 6) is -1.98. The van der Waals surface area contributed by atoms with Crippen LogP contribution in [0.25, 0.3) is 0 Å². The van der Waals surface area contributed by atoms with Crippen molar-refractivity contribution in [1.29, 1.82) is 0 Å². The number of carboxylic acid groups (broad SMARTS) is 1. The summed E-state index contributed by atoms with van der Waals surface area (Å²) in [6, 6.07) is 2.36. The summed E-state index contributed by atoms with van der Waals surface area (Å²) in [4.78, 5) is 22.3. The highest BCUT2D eigenvalue weighted by atomic mass is 16.5. The Labute approximate surface area is 109 Å². The first-order valence-corrected chi connectivity index (χ1v) is 5.21. The van der Waals surface area contributed by atoms with Crippen LogP contribution in [0.15, 0.2) is 12.1 Å². The number of ether oxygens (including phenoxy) is 3. The third-order valence-corrected chi connectivity index (χ3v) is 2.47. The van der Waals surface area contributed by atoms with Gasteiger partial charge in [-0.1, -0.05) is 0 Å². The molecule has 0 saturated heterocycles. The Bertz CT molecular complexity index is 495. The van der Waals surface area contributed by atoms with Crippen LogP contribution in [0.4, 0.5) is 0 Å². The molecule has 0 fully saturated rings. The molecule has 104 valence electrons. The van der Waals surface area contributed by atoms with Crippen LogP contribution in [-0.4, -0.2) is 43.5 Å². The number of rotatable bonds is 5. The first-order chi connectivity index (χ1) is 8.96. The standard InChI is InChI=1S/C12H14O7/c1-17-8-5-6(11(14)15)4-7(10(8)18-2)9(13)12(16)19-3/h4-5,9,13H,1-3H3,(H,14,15). The predicted molar refractivity (Wildman–Crippen MR) is 63.5 cm³/mol. The molecule has 0 aliphatic heterocycles. The molecule has 0 aliphatic rings. The van der Waals surface area contributed by atoms with Crippen LogP contribution < -0.4 is 9.47 Å². The van der Waals surface area contributed by atoms with Crippen molar-refractivity contribution in [2.75, 3.05) is 21.3 Å². The Morgan fingerprint density at radius 3 is 2.21 bits per heavy atom. The highest BCUT2D eigenvalue weighted by Gasteiger charge is 2.26. The maximum atomic E-state index is 11.3. The molecule has 1 atom stereocenters. The normalized spacial score (nSPS) is 11.6. The lowest BCUT2D eigenvalue weighted by Gasteiger charge is -2.16. The van der Waals surface area contributed by atoms with E-state index in [1.807, 2.05) is 0 Å². The average Bonchev–Trinajstić information content (AvgIpc) is 2.43. The molecular formula is C12H14O7. The minimum absolute atomic E-state index is 0.0360. The lowest BCUT2D eigenvalue weighted by molar-refractivity contribution is -0.150. The molecule has 0 saturated carbocycles. The van der Waals surface area contributed by atoms with Gasteiger partial charge in [-0.25, -0.2) is 9.59 Å². The van der Waals surface area contributed by atoms with Gasteiger partial charge in [0.15, 0.2) is 17.6 Å². The monoisotopic (exact) mass is 270 g/mol. The van der Waals surface area contributed by atoms with Gasteiger partial charge in [-0.3, -0.25) is 0 Å². The number of carboxylic acids is 1. The van der Waals surface area contributed by atoms with Crippen LogP contribution in [-0.2, 0) is 9.53 Å². The summed E-state index contributed by atoms with van der Waals surface area (Å²) < 4.78 is 14.4. The van der Waals surface area contributed by atoms with Crippen molar-refractivity contribution in [3.05, 3.63) is 23.3 Å². The number of hydrogen-bond acceptors (Lipinski definition) is 6. The smallest absolute Gasteiger partial charge is 0.339 e. The second-order valence-electron chi connectivity index (χ2n) is 3.53. The number of methoxy groups -OCH3 is 3. The van der Waals surface area contributed by atoms with E-state index in [0.717, 1.165) is 13.2 Å². The fraction of sp³-hybridized carbons (Fsp3) is 0.333. The van der Waals surface area contributed by atoms with Crippen molar-refractivity contribution < 1.29 is 34.0 Å². The average molecular weight is 270 g/mol. The Morgan fingerprint density at radius 1 is 1.16 bits per heavy atom. The minimum Gasteiger partial charge on any atom is -0.493 e. The molecule has 0 radical (unpaired) electrons. The van der Waals surface area contributed by atoms with Crippen LogP contribution in [0.1, 0.15) is 22.0 Å². The van der Waals surface area contributed by atoms with Crippen LogP contribution in [0.3, 0.4) is 0 Å². The number of carbonyl (C=O) groups is 2. The number of aliphatic hydroxyl groups is 1. The molecule has 0 aromatic heterocycles. The maximum absolute atomic E-state index is 11.3. The summed E-state index contributed by atoms with van der Waals surface area (Å²) >= 11 is 0. The van der Waals surface area contributed by atoms with Crippen LogP contribution >= 0.6 is 0 Å². The molecule has 1 rings (SSSR count). The van der Waals surface area contributed by atoms with Gasteiger partial charge in [0, 0.05) is 5.56 Å². The van der Waals surface area contributed by atoms with Crippen molar-refractivity contribution >= 4 is 11.9 Å². The molecule has 1 unspecified atom stereocenters. The SMILES string of the molecule is COC(=O)C(O)c1cc(C(=O)O)cc(OC)c1OC. The van der Waals surface area contributed by atoms with Gasteiger partial charge in [0.25, 0.3) is 0 Å². The number of carbonyl (C=O) groups excluding carboxylic acids is 1. The maximum Gasteiger partial charge on any atom is 0.339 e. The van der Waals surface area contributed by atoms with Gasteiger partial charge in [0.05, 0.1) is 26.9 Å². The molecule has 7 heteroatoms. The zero-order valence-electron chi connectivity index (χ0n) is 10.7. The van der Waals surface area contributed by atoms with Crippen LogP contribution in [0.2, 0.25) is 0 Å². The summed E-state index contributed by atoms with van der Waals surface area (Å²) in [5.41, 5.74) is -0.179. The molecule has 1 aromatic rings. The lowest BCUT2D eigenvalue weighted by Crippen LogP contribution is -2.15. The molecule has 19 heavy (non-hydrogen) atoms. The third-order valence-electron chi connectivity index (χ3n) is 2.47. The molecule has 7 nitrogen and oxygen atoms in total. The molecular weight excluding hydrogens is 256 g/mol.